The number of aromatic nitrogens is 1. The van der Waals surface area contributed by atoms with Crippen molar-refractivity contribution >= 4 is 17.7 Å². The molecular weight excluding hydrogens is 502 g/mol. The van der Waals surface area contributed by atoms with Crippen LogP contribution in [0.4, 0.5) is 14.6 Å². The number of nitrogens with one attached hydrogen (secondary N) is 1. The van der Waals surface area contributed by atoms with E-state index in [1.54, 1.807) is 0 Å². The zero-order valence-electron chi connectivity index (χ0n) is 22.4. The Morgan fingerprint density at radius 1 is 1.10 bits per heavy atom. The number of unbranched alkanes of at least 4 members (excludes halogenated alkanes) is 1. The van der Waals surface area contributed by atoms with Crippen LogP contribution in [-0.2, 0) is 24.2 Å². The van der Waals surface area contributed by atoms with E-state index in [1.165, 1.54) is 5.56 Å². The van der Waals surface area contributed by atoms with Crippen LogP contribution in [0.1, 0.15) is 90.2 Å². The predicted molar refractivity (Wildman–Crippen MR) is 145 cm³/mol. The number of anilines is 1. The van der Waals surface area contributed by atoms with Crippen molar-refractivity contribution in [2.24, 2.45) is 0 Å². The third kappa shape index (κ3) is 6.57. The summed E-state index contributed by atoms with van der Waals surface area (Å²) in [6, 6.07) is 9.43. The van der Waals surface area contributed by atoms with Crippen LogP contribution in [0.15, 0.2) is 30.3 Å². The van der Waals surface area contributed by atoms with E-state index in [4.69, 9.17) is 0 Å². The minimum absolute atomic E-state index is 0.00317. The minimum atomic E-state index is -2.17. The fourth-order valence-corrected chi connectivity index (χ4v) is 5.91. The molecule has 7 nitrogen and oxygen atoms in total. The Hall–Kier alpha value is -3.07. The molecule has 0 bridgehead atoms. The number of aryl methyl sites for hydroxylation is 2. The number of hydrogen-bond acceptors (Lipinski definition) is 5. The molecule has 4 heterocycles. The lowest BCUT2D eigenvalue weighted by molar-refractivity contribution is -0.143. The van der Waals surface area contributed by atoms with Gasteiger partial charge in [-0.2, -0.15) is 0 Å². The molecule has 6 rings (SSSR count). The van der Waals surface area contributed by atoms with Crippen molar-refractivity contribution in [2.45, 2.75) is 89.3 Å². The Kier molecular flexibility index (Phi) is 8.75. The Labute approximate surface area is 228 Å². The summed E-state index contributed by atoms with van der Waals surface area (Å²) in [6.07, 6.45) is 6.47. The number of rotatable bonds is 9. The van der Waals surface area contributed by atoms with E-state index in [2.05, 4.69) is 16.4 Å². The van der Waals surface area contributed by atoms with Crippen molar-refractivity contribution in [1.82, 2.24) is 14.8 Å². The van der Waals surface area contributed by atoms with E-state index in [-0.39, 0.29) is 12.3 Å². The van der Waals surface area contributed by atoms with Gasteiger partial charge in [-0.25, -0.2) is 13.8 Å². The number of alkyl halides is 2. The normalized spacial score (nSPS) is 19.3. The smallest absolute Gasteiger partial charge is 0.325 e. The number of halogens is 2. The average molecular weight is 541 g/mol. The summed E-state index contributed by atoms with van der Waals surface area (Å²) in [4.78, 5) is 32.8. The number of nitrogens with zero attached hydrogens (tertiary/aromatic N) is 3. The van der Waals surface area contributed by atoms with Crippen molar-refractivity contribution in [3.8, 4) is 0 Å². The average Bonchev–Trinajstić information content (AvgIpc) is 3.52. The first kappa shape index (κ1) is 27.5. The molecule has 2 aromatic rings. The summed E-state index contributed by atoms with van der Waals surface area (Å²) in [5.41, 5.74) is 4.72. The molecule has 1 saturated carbocycles. The Balaban J connectivity index is 0.000000164. The summed E-state index contributed by atoms with van der Waals surface area (Å²) in [5.74, 6) is 0.250. The van der Waals surface area contributed by atoms with Crippen LogP contribution in [-0.4, -0.2) is 63.9 Å². The van der Waals surface area contributed by atoms with Gasteiger partial charge < -0.3 is 15.3 Å². The maximum Gasteiger partial charge on any atom is 0.325 e. The third-order valence-electron chi connectivity index (χ3n) is 8.11. The van der Waals surface area contributed by atoms with Gasteiger partial charge in [0.2, 0.25) is 6.43 Å². The number of likely N-dealkylation sites (tertiary alicyclic amines) is 1. The second kappa shape index (κ2) is 12.4. The van der Waals surface area contributed by atoms with Gasteiger partial charge in [0.15, 0.2) is 0 Å². The number of fused-ring (bicyclic) bond motifs is 2. The quantitative estimate of drug-likeness (QED) is 0.412. The minimum Gasteiger partial charge on any atom is -0.480 e. The maximum absolute atomic E-state index is 12.5. The standard InChI is InChI=1S/C17H20N2O3.C13H18F2N2/c20-16-13-5-3-4-12(14(13)10-19(16)11-6-7-11)15(17(21)22)18-8-1-2-9-18;14-12(15)6-2-1-5-11-8-7-10-4-3-9-16-13(10)17-11/h3-5,11,15H,1-2,6-10H2,(H,21,22);7-8,12H,1-6,9H2,(H,16,17). The molecule has 1 aromatic heterocycles. The van der Waals surface area contributed by atoms with Crippen LogP contribution in [0.5, 0.6) is 0 Å². The summed E-state index contributed by atoms with van der Waals surface area (Å²) in [6.45, 7) is 3.20. The number of carboxylic acid groups (broad SMARTS) is 1. The van der Waals surface area contributed by atoms with Gasteiger partial charge in [-0.1, -0.05) is 18.2 Å². The second-order valence-electron chi connectivity index (χ2n) is 11.0. The lowest BCUT2D eigenvalue weighted by Crippen LogP contribution is -2.32. The molecule has 0 spiro atoms. The van der Waals surface area contributed by atoms with Crippen molar-refractivity contribution in [3.05, 3.63) is 58.3 Å². The number of aliphatic carboxylic acids is 1. The van der Waals surface area contributed by atoms with Gasteiger partial charge in [0, 0.05) is 36.8 Å². The molecule has 0 radical (unpaired) electrons. The van der Waals surface area contributed by atoms with Gasteiger partial charge in [0.05, 0.1) is 0 Å². The largest absolute Gasteiger partial charge is 0.480 e. The highest BCUT2D eigenvalue weighted by Crippen LogP contribution is 2.38. The van der Waals surface area contributed by atoms with Gasteiger partial charge >= 0.3 is 5.97 Å². The molecule has 1 aromatic carbocycles. The third-order valence-corrected chi connectivity index (χ3v) is 8.11. The fraction of sp³-hybridized carbons (Fsp3) is 0.567. The first-order valence-corrected chi connectivity index (χ1v) is 14.3. The van der Waals surface area contributed by atoms with E-state index in [1.807, 2.05) is 34.1 Å². The van der Waals surface area contributed by atoms with Gasteiger partial charge in [-0.05, 0) is 99.7 Å². The predicted octanol–water partition coefficient (Wildman–Crippen LogP) is 5.44. The van der Waals surface area contributed by atoms with Crippen LogP contribution in [0.2, 0.25) is 0 Å². The van der Waals surface area contributed by atoms with Crippen molar-refractivity contribution in [2.75, 3.05) is 25.0 Å². The molecule has 3 aliphatic heterocycles. The van der Waals surface area contributed by atoms with E-state index < -0.39 is 18.4 Å². The molecular formula is C30H38F2N4O3. The zero-order chi connectivity index (χ0) is 27.4. The van der Waals surface area contributed by atoms with Crippen LogP contribution < -0.4 is 5.32 Å². The Bertz CT molecular complexity index is 1180. The van der Waals surface area contributed by atoms with Gasteiger partial charge in [0.1, 0.15) is 11.9 Å². The summed E-state index contributed by atoms with van der Waals surface area (Å²) >= 11 is 0. The van der Waals surface area contributed by atoms with Crippen LogP contribution in [0, 0.1) is 0 Å². The summed E-state index contributed by atoms with van der Waals surface area (Å²) in [5, 5.41) is 13.0. The number of carboxylic acids is 1. The summed E-state index contributed by atoms with van der Waals surface area (Å²) < 4.78 is 23.9. The molecule has 1 saturated heterocycles. The molecule has 210 valence electrons. The molecule has 2 N–H and O–H groups in total. The lowest BCUT2D eigenvalue weighted by atomic mass is 9.96. The Morgan fingerprint density at radius 3 is 2.62 bits per heavy atom. The molecule has 1 atom stereocenters. The van der Waals surface area contributed by atoms with Crippen LogP contribution in [0.25, 0.3) is 0 Å². The highest BCUT2D eigenvalue weighted by atomic mass is 19.3. The van der Waals surface area contributed by atoms with Crippen LogP contribution in [0.3, 0.4) is 0 Å². The number of hydrogen-bond donors (Lipinski definition) is 2. The number of carbonyl (C=O) groups excluding carboxylic acids is 1. The summed E-state index contributed by atoms with van der Waals surface area (Å²) in [7, 11) is 0. The van der Waals surface area contributed by atoms with Crippen LogP contribution >= 0.6 is 0 Å². The molecule has 4 aliphatic rings. The second-order valence-corrected chi connectivity index (χ2v) is 11.0. The Morgan fingerprint density at radius 2 is 1.90 bits per heavy atom. The van der Waals surface area contributed by atoms with Crippen molar-refractivity contribution in [1.29, 1.82) is 0 Å². The molecule has 2 fully saturated rings. The topological polar surface area (TPSA) is 85.8 Å². The van der Waals surface area contributed by atoms with E-state index >= 15 is 0 Å². The first-order valence-electron chi connectivity index (χ1n) is 14.3. The molecule has 1 aliphatic carbocycles. The highest BCUT2D eigenvalue weighted by molar-refractivity contribution is 5.99. The van der Waals surface area contributed by atoms with Crippen molar-refractivity contribution < 1.29 is 23.5 Å². The van der Waals surface area contributed by atoms with E-state index in [9.17, 15) is 23.5 Å². The van der Waals surface area contributed by atoms with Gasteiger partial charge in [-0.3, -0.25) is 14.5 Å². The SMILES string of the molecule is FC(F)CCCCc1ccc2c(n1)NCCC2.O=C(O)C(c1cccc2c1CN(C1CC1)C2=O)N1CCCC1. The maximum atomic E-state index is 12.5. The van der Waals surface area contributed by atoms with E-state index in [0.717, 1.165) is 93.6 Å². The van der Waals surface area contributed by atoms with Gasteiger partial charge in [0.25, 0.3) is 5.91 Å². The number of pyridine rings is 1. The number of benzene rings is 1. The molecule has 1 amide bonds. The first-order chi connectivity index (χ1) is 18.9. The molecule has 39 heavy (non-hydrogen) atoms. The van der Waals surface area contributed by atoms with Crippen molar-refractivity contribution in [3.63, 3.8) is 0 Å². The molecule has 9 heteroatoms. The van der Waals surface area contributed by atoms with Gasteiger partial charge in [-0.15, -0.1) is 0 Å². The lowest BCUT2D eigenvalue weighted by Gasteiger charge is -2.25. The number of amides is 1. The monoisotopic (exact) mass is 540 g/mol. The zero-order valence-corrected chi connectivity index (χ0v) is 22.4. The fourth-order valence-electron chi connectivity index (χ4n) is 5.91. The number of carbonyl (C=O) groups is 2. The highest BCUT2D eigenvalue weighted by Gasteiger charge is 2.41. The molecule has 1 unspecified atom stereocenters. The van der Waals surface area contributed by atoms with E-state index in [0.29, 0.717) is 24.6 Å².